The summed E-state index contributed by atoms with van der Waals surface area (Å²) in [6, 6.07) is 18.1. The summed E-state index contributed by atoms with van der Waals surface area (Å²) in [6.45, 7) is 3.35. The molecule has 0 aliphatic carbocycles. The first-order valence-corrected chi connectivity index (χ1v) is 11.2. The Morgan fingerprint density at radius 1 is 0.935 bits per heavy atom. The summed E-state index contributed by atoms with van der Waals surface area (Å²) in [4.78, 5) is 25.4. The molecular weight excluding hydrogens is 410 g/mol. The van der Waals surface area contributed by atoms with Crippen LogP contribution in [0.25, 0.3) is 0 Å². The van der Waals surface area contributed by atoms with E-state index < -0.39 is 0 Å². The molecule has 2 aromatic carbocycles. The Labute approximate surface area is 186 Å². The predicted octanol–water partition coefficient (Wildman–Crippen LogP) is 5.43. The van der Waals surface area contributed by atoms with Crippen LogP contribution >= 0.6 is 11.3 Å². The summed E-state index contributed by atoms with van der Waals surface area (Å²) >= 11 is 1.62. The number of thiophene rings is 1. The Kier molecular flexibility index (Phi) is 8.48. The fourth-order valence-electron chi connectivity index (χ4n) is 2.81. The highest BCUT2D eigenvalue weighted by atomic mass is 32.1. The molecule has 3 amide bonds. The molecule has 0 spiro atoms. The topological polar surface area (TPSA) is 79.5 Å². The number of anilines is 2. The van der Waals surface area contributed by atoms with Crippen LogP contribution in [0.2, 0.25) is 0 Å². The van der Waals surface area contributed by atoms with Crippen LogP contribution in [0.3, 0.4) is 0 Å². The molecule has 0 radical (unpaired) electrons. The number of ether oxygens (including phenoxy) is 1. The molecule has 6 nitrogen and oxygen atoms in total. The predicted molar refractivity (Wildman–Crippen MR) is 126 cm³/mol. The fraction of sp³-hybridized carbons (Fsp3) is 0.250. The van der Waals surface area contributed by atoms with Gasteiger partial charge in [0.25, 0.3) is 0 Å². The van der Waals surface area contributed by atoms with Gasteiger partial charge in [0.05, 0.1) is 19.6 Å². The quantitative estimate of drug-likeness (QED) is 0.370. The molecule has 3 aromatic rings. The first kappa shape index (κ1) is 22.4. The van der Waals surface area contributed by atoms with Gasteiger partial charge < -0.3 is 20.7 Å². The second kappa shape index (κ2) is 11.8. The monoisotopic (exact) mass is 437 g/mol. The number of hydrogen-bond acceptors (Lipinski definition) is 4. The van der Waals surface area contributed by atoms with Gasteiger partial charge in [-0.1, -0.05) is 31.5 Å². The lowest BCUT2D eigenvalue weighted by Crippen LogP contribution is -2.24. The van der Waals surface area contributed by atoms with Crippen molar-refractivity contribution in [3.8, 4) is 5.75 Å². The van der Waals surface area contributed by atoms with Gasteiger partial charge in [0, 0.05) is 16.3 Å². The molecule has 0 fully saturated rings. The molecule has 1 heterocycles. The van der Waals surface area contributed by atoms with Crippen LogP contribution in [0, 0.1) is 0 Å². The minimum Gasteiger partial charge on any atom is -0.494 e. The number of benzene rings is 2. The number of carbonyl (C=O) groups is 2. The highest BCUT2D eigenvalue weighted by Crippen LogP contribution is 2.17. The van der Waals surface area contributed by atoms with E-state index >= 15 is 0 Å². The van der Waals surface area contributed by atoms with Crippen LogP contribution in [-0.4, -0.2) is 18.5 Å². The van der Waals surface area contributed by atoms with E-state index in [1.807, 2.05) is 41.8 Å². The highest BCUT2D eigenvalue weighted by molar-refractivity contribution is 7.09. The van der Waals surface area contributed by atoms with Gasteiger partial charge >= 0.3 is 6.03 Å². The third-order valence-corrected chi connectivity index (χ3v) is 5.37. The van der Waals surface area contributed by atoms with E-state index in [-0.39, 0.29) is 11.9 Å². The lowest BCUT2D eigenvalue weighted by Gasteiger charge is -2.10. The molecular formula is C24H27N3O3S. The number of hydrogen-bond donors (Lipinski definition) is 3. The molecule has 0 saturated heterocycles. The summed E-state index contributed by atoms with van der Waals surface area (Å²) < 4.78 is 5.62. The maximum atomic E-state index is 12.2. The molecule has 31 heavy (non-hydrogen) atoms. The SMILES string of the molecule is CCCCOc1ccc(NC(=O)Nc2ccc(CC(=O)NCc3cccs3)cc2)cc1. The molecule has 0 aliphatic heterocycles. The van der Waals surface area contributed by atoms with E-state index in [0.717, 1.165) is 29.0 Å². The molecule has 0 unspecified atom stereocenters. The first-order chi connectivity index (χ1) is 15.1. The molecule has 0 bridgehead atoms. The van der Waals surface area contributed by atoms with Crippen molar-refractivity contribution < 1.29 is 14.3 Å². The number of amides is 3. The van der Waals surface area contributed by atoms with Gasteiger partial charge in [-0.15, -0.1) is 11.3 Å². The molecule has 162 valence electrons. The first-order valence-electron chi connectivity index (χ1n) is 10.3. The van der Waals surface area contributed by atoms with Crippen LogP contribution in [0.5, 0.6) is 5.75 Å². The smallest absolute Gasteiger partial charge is 0.323 e. The molecule has 3 rings (SSSR count). The van der Waals surface area contributed by atoms with Crippen LogP contribution in [0.15, 0.2) is 66.0 Å². The lowest BCUT2D eigenvalue weighted by atomic mass is 10.1. The third-order valence-electron chi connectivity index (χ3n) is 4.50. The van der Waals surface area contributed by atoms with Crippen molar-refractivity contribution in [1.29, 1.82) is 0 Å². The molecule has 0 atom stereocenters. The zero-order chi connectivity index (χ0) is 21.9. The molecule has 0 saturated carbocycles. The maximum absolute atomic E-state index is 12.2. The van der Waals surface area contributed by atoms with Gasteiger partial charge in [-0.05, 0) is 59.8 Å². The maximum Gasteiger partial charge on any atom is 0.323 e. The van der Waals surface area contributed by atoms with Crippen LogP contribution < -0.4 is 20.7 Å². The number of unbranched alkanes of at least 4 members (excludes halogenated alkanes) is 1. The van der Waals surface area contributed by atoms with Crippen molar-refractivity contribution in [3.05, 3.63) is 76.5 Å². The van der Waals surface area contributed by atoms with Gasteiger partial charge in [0.2, 0.25) is 5.91 Å². The van der Waals surface area contributed by atoms with Crippen molar-refractivity contribution in [1.82, 2.24) is 5.32 Å². The minimum atomic E-state index is -0.332. The van der Waals surface area contributed by atoms with E-state index in [4.69, 9.17) is 4.74 Å². The van der Waals surface area contributed by atoms with Crippen molar-refractivity contribution in [2.24, 2.45) is 0 Å². The fourth-order valence-corrected chi connectivity index (χ4v) is 3.46. The second-order valence-electron chi connectivity index (χ2n) is 7.04. The molecule has 1 aromatic heterocycles. The summed E-state index contributed by atoms with van der Waals surface area (Å²) in [5.41, 5.74) is 2.22. The van der Waals surface area contributed by atoms with Crippen LogP contribution in [-0.2, 0) is 17.8 Å². The largest absolute Gasteiger partial charge is 0.494 e. The van der Waals surface area contributed by atoms with Gasteiger partial charge in [-0.3, -0.25) is 4.79 Å². The second-order valence-corrected chi connectivity index (χ2v) is 8.07. The Morgan fingerprint density at radius 3 is 2.23 bits per heavy atom. The van der Waals surface area contributed by atoms with Gasteiger partial charge in [-0.25, -0.2) is 4.79 Å². The van der Waals surface area contributed by atoms with E-state index in [1.165, 1.54) is 0 Å². The van der Waals surface area contributed by atoms with Gasteiger partial charge in [0.1, 0.15) is 5.75 Å². The zero-order valence-electron chi connectivity index (χ0n) is 17.5. The van der Waals surface area contributed by atoms with Crippen molar-refractivity contribution >= 4 is 34.6 Å². The summed E-state index contributed by atoms with van der Waals surface area (Å²) in [5, 5.41) is 10.5. The molecule has 0 aliphatic rings. The zero-order valence-corrected chi connectivity index (χ0v) is 18.3. The molecule has 7 heteroatoms. The summed E-state index contributed by atoms with van der Waals surface area (Å²) in [7, 11) is 0. The van der Waals surface area contributed by atoms with Gasteiger partial charge in [0.15, 0.2) is 0 Å². The van der Waals surface area contributed by atoms with Crippen LogP contribution in [0.1, 0.15) is 30.2 Å². The number of nitrogens with one attached hydrogen (secondary N) is 3. The minimum absolute atomic E-state index is 0.0334. The van der Waals surface area contributed by atoms with Gasteiger partial charge in [-0.2, -0.15) is 0 Å². The number of urea groups is 1. The Balaban J connectivity index is 1.42. The average molecular weight is 438 g/mol. The normalized spacial score (nSPS) is 10.4. The van der Waals surface area contributed by atoms with Crippen LogP contribution in [0.4, 0.5) is 16.2 Å². The lowest BCUT2D eigenvalue weighted by molar-refractivity contribution is -0.120. The van der Waals surface area contributed by atoms with Crippen molar-refractivity contribution in [3.63, 3.8) is 0 Å². The summed E-state index contributed by atoms with van der Waals surface area (Å²) in [6.07, 6.45) is 2.40. The van der Waals surface area contributed by atoms with E-state index in [9.17, 15) is 9.59 Å². The van der Waals surface area contributed by atoms with E-state index in [0.29, 0.717) is 30.9 Å². The van der Waals surface area contributed by atoms with E-state index in [2.05, 4.69) is 22.9 Å². The molecule has 3 N–H and O–H groups in total. The van der Waals surface area contributed by atoms with E-state index in [1.54, 1.807) is 35.6 Å². The van der Waals surface area contributed by atoms with Crippen molar-refractivity contribution in [2.45, 2.75) is 32.7 Å². The Hall–Kier alpha value is -3.32. The number of carbonyl (C=O) groups excluding carboxylic acids is 2. The standard InChI is InChI=1S/C24H27N3O3S/c1-2-3-14-30-21-12-10-20(11-13-21)27-24(29)26-19-8-6-18(7-9-19)16-23(28)25-17-22-5-4-15-31-22/h4-13,15H,2-3,14,16-17H2,1H3,(H,25,28)(H2,26,27,29). The average Bonchev–Trinajstić information content (AvgIpc) is 3.29. The Morgan fingerprint density at radius 2 is 1.61 bits per heavy atom. The highest BCUT2D eigenvalue weighted by Gasteiger charge is 2.06. The number of rotatable bonds is 10. The van der Waals surface area contributed by atoms with Crippen molar-refractivity contribution in [2.75, 3.05) is 17.2 Å². The third kappa shape index (κ3) is 7.79. The Bertz CT molecular complexity index is 955. The summed E-state index contributed by atoms with van der Waals surface area (Å²) in [5.74, 6) is 0.753.